The Hall–Kier alpha value is -2.48. The Morgan fingerprint density at radius 2 is 2.00 bits per heavy atom. The number of hydrogen-bond acceptors (Lipinski definition) is 7. The third-order valence-electron chi connectivity index (χ3n) is 4.81. The first-order valence-corrected chi connectivity index (χ1v) is 8.90. The summed E-state index contributed by atoms with van der Waals surface area (Å²) in [5.74, 6) is 2.56. The predicted molar refractivity (Wildman–Crippen MR) is 98.2 cm³/mol. The third-order valence-corrected chi connectivity index (χ3v) is 4.81. The topological polar surface area (TPSA) is 75.6 Å². The quantitative estimate of drug-likeness (QED) is 0.709. The second kappa shape index (κ2) is 6.05. The number of fused-ring (bicyclic) bond motifs is 1. The predicted octanol–water partition coefficient (Wildman–Crippen LogP) is 2.04. The lowest BCUT2D eigenvalue weighted by Gasteiger charge is -2.44. The van der Waals surface area contributed by atoms with Gasteiger partial charge in [0.05, 0.1) is 5.69 Å². The van der Waals surface area contributed by atoms with E-state index in [4.69, 9.17) is 9.52 Å². The molecular formula is C18H25N7O. The van der Waals surface area contributed by atoms with Gasteiger partial charge in [-0.3, -0.25) is 4.90 Å². The second-order valence-corrected chi connectivity index (χ2v) is 8.07. The van der Waals surface area contributed by atoms with Gasteiger partial charge in [0.15, 0.2) is 17.4 Å². The fourth-order valence-electron chi connectivity index (χ4n) is 3.20. The molecule has 1 saturated heterocycles. The number of likely N-dealkylation sites (N-methyl/N-ethyl adjacent to an activating group) is 1. The number of hydrogen-bond donors (Lipinski definition) is 0. The average Bonchev–Trinajstić information content (AvgIpc) is 3.11. The number of oxazole rings is 1. The van der Waals surface area contributed by atoms with Gasteiger partial charge in [-0.05, 0) is 19.2 Å². The van der Waals surface area contributed by atoms with Gasteiger partial charge in [-0.1, -0.05) is 20.8 Å². The fourth-order valence-corrected chi connectivity index (χ4v) is 3.20. The zero-order valence-electron chi connectivity index (χ0n) is 16.0. The van der Waals surface area contributed by atoms with Crippen LogP contribution in [-0.4, -0.2) is 55.9 Å². The van der Waals surface area contributed by atoms with Gasteiger partial charge in [-0.15, -0.1) is 15.3 Å². The molecule has 4 heterocycles. The Bertz CT molecular complexity index is 917. The minimum atomic E-state index is -0.0987. The first-order valence-electron chi connectivity index (χ1n) is 8.90. The molecular weight excluding hydrogens is 330 g/mol. The lowest BCUT2D eigenvalue weighted by atomic mass is 9.96. The molecule has 4 rings (SSSR count). The van der Waals surface area contributed by atoms with E-state index >= 15 is 0 Å². The van der Waals surface area contributed by atoms with E-state index in [2.05, 4.69) is 52.8 Å². The van der Waals surface area contributed by atoms with Crippen LogP contribution >= 0.6 is 0 Å². The van der Waals surface area contributed by atoms with E-state index in [1.54, 1.807) is 6.26 Å². The van der Waals surface area contributed by atoms with Crippen molar-refractivity contribution in [2.75, 3.05) is 25.0 Å². The maximum absolute atomic E-state index is 5.29. The maximum Gasteiger partial charge on any atom is 0.191 e. The molecule has 0 aromatic carbocycles. The normalized spacial score (nSPS) is 15.8. The molecule has 0 atom stereocenters. The molecule has 0 aliphatic carbocycles. The molecule has 0 spiro atoms. The van der Waals surface area contributed by atoms with Crippen molar-refractivity contribution in [3.05, 3.63) is 35.8 Å². The summed E-state index contributed by atoms with van der Waals surface area (Å²) in [5, 5.41) is 13.3. The molecule has 0 saturated carbocycles. The van der Waals surface area contributed by atoms with Crippen LogP contribution in [0, 0.1) is 6.92 Å². The van der Waals surface area contributed by atoms with E-state index in [0.29, 0.717) is 11.9 Å². The zero-order chi connectivity index (χ0) is 18.5. The summed E-state index contributed by atoms with van der Waals surface area (Å²) in [5.41, 5.74) is 1.66. The summed E-state index contributed by atoms with van der Waals surface area (Å²) < 4.78 is 7.15. The van der Waals surface area contributed by atoms with Crippen LogP contribution in [0.1, 0.15) is 38.2 Å². The van der Waals surface area contributed by atoms with Crippen LogP contribution in [-0.2, 0) is 12.0 Å². The van der Waals surface area contributed by atoms with Crippen LogP contribution in [0.15, 0.2) is 22.8 Å². The zero-order valence-corrected chi connectivity index (χ0v) is 16.0. The minimum absolute atomic E-state index is 0.0987. The van der Waals surface area contributed by atoms with E-state index < -0.39 is 0 Å². The summed E-state index contributed by atoms with van der Waals surface area (Å²) in [6.07, 6.45) is 1.73. The molecule has 3 aromatic rings. The number of nitrogens with zero attached hydrogens (tertiary/aromatic N) is 7. The number of rotatable bonds is 4. The van der Waals surface area contributed by atoms with Crippen LogP contribution in [0.5, 0.6) is 0 Å². The molecule has 138 valence electrons. The summed E-state index contributed by atoms with van der Waals surface area (Å²) >= 11 is 0. The van der Waals surface area contributed by atoms with Crippen molar-refractivity contribution in [2.24, 2.45) is 0 Å². The van der Waals surface area contributed by atoms with Gasteiger partial charge in [-0.2, -0.15) is 4.52 Å². The highest BCUT2D eigenvalue weighted by molar-refractivity contribution is 5.48. The van der Waals surface area contributed by atoms with Crippen LogP contribution in [0.3, 0.4) is 0 Å². The Morgan fingerprint density at radius 1 is 1.23 bits per heavy atom. The SMILES string of the molecule is Cc1nc(CN(C)C2CN(c3ccc4nnc(C(C)(C)C)n4n3)C2)co1. The fraction of sp³-hybridized carbons (Fsp3) is 0.556. The summed E-state index contributed by atoms with van der Waals surface area (Å²) in [6, 6.07) is 4.49. The second-order valence-electron chi connectivity index (χ2n) is 8.07. The Morgan fingerprint density at radius 3 is 2.65 bits per heavy atom. The third kappa shape index (κ3) is 3.05. The summed E-state index contributed by atoms with van der Waals surface area (Å²) in [6.45, 7) is 10.9. The summed E-state index contributed by atoms with van der Waals surface area (Å²) in [7, 11) is 2.13. The minimum Gasteiger partial charge on any atom is -0.449 e. The number of anilines is 1. The van der Waals surface area contributed by atoms with Crippen LogP contribution in [0.25, 0.3) is 5.65 Å². The van der Waals surface area contributed by atoms with Crippen molar-refractivity contribution < 1.29 is 4.42 Å². The molecule has 0 radical (unpaired) electrons. The van der Waals surface area contributed by atoms with Gasteiger partial charge in [0.25, 0.3) is 0 Å². The molecule has 26 heavy (non-hydrogen) atoms. The molecule has 1 aliphatic rings. The van der Waals surface area contributed by atoms with E-state index in [1.807, 2.05) is 23.6 Å². The number of aromatic nitrogens is 5. The molecule has 0 N–H and O–H groups in total. The number of aryl methyl sites for hydroxylation is 1. The highest BCUT2D eigenvalue weighted by Crippen LogP contribution is 2.25. The van der Waals surface area contributed by atoms with Gasteiger partial charge in [0.1, 0.15) is 12.1 Å². The molecule has 0 unspecified atom stereocenters. The van der Waals surface area contributed by atoms with Crippen molar-refractivity contribution in [1.82, 2.24) is 29.7 Å². The first kappa shape index (κ1) is 17.0. The van der Waals surface area contributed by atoms with Crippen molar-refractivity contribution in [1.29, 1.82) is 0 Å². The highest BCUT2D eigenvalue weighted by atomic mass is 16.3. The Kier molecular flexibility index (Phi) is 3.95. The Balaban J connectivity index is 1.45. The smallest absolute Gasteiger partial charge is 0.191 e. The van der Waals surface area contributed by atoms with E-state index in [9.17, 15) is 0 Å². The van der Waals surface area contributed by atoms with Crippen LogP contribution in [0.4, 0.5) is 5.82 Å². The lowest BCUT2D eigenvalue weighted by Crippen LogP contribution is -2.58. The molecule has 0 bridgehead atoms. The monoisotopic (exact) mass is 355 g/mol. The maximum atomic E-state index is 5.29. The van der Waals surface area contributed by atoms with Gasteiger partial charge in [0.2, 0.25) is 0 Å². The molecule has 8 nitrogen and oxygen atoms in total. The van der Waals surface area contributed by atoms with Crippen molar-refractivity contribution in [3.8, 4) is 0 Å². The molecule has 1 fully saturated rings. The first-order chi connectivity index (χ1) is 12.3. The largest absolute Gasteiger partial charge is 0.449 e. The van der Waals surface area contributed by atoms with E-state index in [1.165, 1.54) is 0 Å². The van der Waals surface area contributed by atoms with Gasteiger partial charge in [-0.25, -0.2) is 4.98 Å². The van der Waals surface area contributed by atoms with Crippen LogP contribution < -0.4 is 4.90 Å². The molecule has 0 amide bonds. The average molecular weight is 355 g/mol. The van der Waals surface area contributed by atoms with Gasteiger partial charge in [0, 0.05) is 38.0 Å². The van der Waals surface area contributed by atoms with Gasteiger partial charge < -0.3 is 9.32 Å². The summed E-state index contributed by atoms with van der Waals surface area (Å²) in [4.78, 5) is 8.97. The van der Waals surface area contributed by atoms with E-state index in [0.717, 1.165) is 42.6 Å². The van der Waals surface area contributed by atoms with Crippen LogP contribution in [0.2, 0.25) is 0 Å². The van der Waals surface area contributed by atoms with Gasteiger partial charge >= 0.3 is 0 Å². The van der Waals surface area contributed by atoms with Crippen molar-refractivity contribution in [3.63, 3.8) is 0 Å². The molecule has 1 aliphatic heterocycles. The molecule has 8 heteroatoms. The molecule has 3 aromatic heterocycles. The van der Waals surface area contributed by atoms with Crippen molar-refractivity contribution >= 4 is 11.5 Å². The van der Waals surface area contributed by atoms with E-state index in [-0.39, 0.29) is 5.41 Å². The highest BCUT2D eigenvalue weighted by Gasteiger charge is 2.32. The van der Waals surface area contributed by atoms with Crippen molar-refractivity contribution in [2.45, 2.75) is 45.7 Å². The standard InChI is InChI=1S/C18H25N7O/c1-12-19-13(11-26-12)8-23(5)14-9-24(10-14)16-7-6-15-20-21-17(18(2,3)4)25(15)22-16/h6-7,11,14H,8-10H2,1-5H3. The lowest BCUT2D eigenvalue weighted by molar-refractivity contribution is 0.194. The Labute approximate surface area is 152 Å².